The normalized spacial score (nSPS) is 10.3. The first kappa shape index (κ1) is 13.9. The molecule has 0 radical (unpaired) electrons. The summed E-state index contributed by atoms with van der Waals surface area (Å²) in [5.41, 5.74) is 7.76. The van der Waals surface area contributed by atoms with Gasteiger partial charge in [-0.15, -0.1) is 0 Å². The second kappa shape index (κ2) is 6.10. The quantitative estimate of drug-likeness (QED) is 0.864. The maximum Gasteiger partial charge on any atom is 0.268 e. The number of nitrogens with zero attached hydrogens (tertiary/aromatic N) is 2. The summed E-state index contributed by atoms with van der Waals surface area (Å²) in [6.07, 6.45) is 3.43. The standard InChI is InChI=1S/C14H18N4O2/c1-3-18-9-11(15)6-12(18)14(19)17-8-10-4-5-13(20-2)16-7-10/h4-7,9H,3,8,15H2,1-2H3,(H,17,19). The van der Waals surface area contributed by atoms with Crippen LogP contribution in [-0.4, -0.2) is 22.6 Å². The van der Waals surface area contributed by atoms with Gasteiger partial charge < -0.3 is 20.4 Å². The molecule has 2 rings (SSSR count). The molecule has 0 aliphatic heterocycles. The summed E-state index contributed by atoms with van der Waals surface area (Å²) in [5.74, 6) is 0.395. The number of ether oxygens (including phenoxy) is 1. The third kappa shape index (κ3) is 3.09. The van der Waals surface area contributed by atoms with Gasteiger partial charge in [0.15, 0.2) is 0 Å². The molecule has 0 bridgehead atoms. The van der Waals surface area contributed by atoms with E-state index in [0.717, 1.165) is 5.56 Å². The number of hydrogen-bond donors (Lipinski definition) is 2. The molecule has 0 atom stereocenters. The van der Waals surface area contributed by atoms with Crippen molar-refractivity contribution in [1.29, 1.82) is 0 Å². The number of nitrogen functional groups attached to an aromatic ring is 1. The lowest BCUT2D eigenvalue weighted by Gasteiger charge is -2.08. The summed E-state index contributed by atoms with van der Waals surface area (Å²) in [7, 11) is 1.56. The minimum Gasteiger partial charge on any atom is -0.481 e. The van der Waals surface area contributed by atoms with Crippen LogP contribution in [0.2, 0.25) is 0 Å². The SMILES string of the molecule is CCn1cc(N)cc1C(=O)NCc1ccc(OC)nc1. The van der Waals surface area contributed by atoms with Crippen molar-refractivity contribution in [2.45, 2.75) is 20.0 Å². The summed E-state index contributed by atoms with van der Waals surface area (Å²) in [6, 6.07) is 5.29. The lowest BCUT2D eigenvalue weighted by molar-refractivity contribution is 0.0941. The van der Waals surface area contributed by atoms with E-state index in [0.29, 0.717) is 30.4 Å². The molecule has 0 spiro atoms. The number of aryl methyl sites for hydroxylation is 1. The van der Waals surface area contributed by atoms with Gasteiger partial charge in [0.25, 0.3) is 5.91 Å². The highest BCUT2D eigenvalue weighted by Crippen LogP contribution is 2.11. The smallest absolute Gasteiger partial charge is 0.268 e. The molecule has 6 heteroatoms. The molecule has 106 valence electrons. The Morgan fingerprint density at radius 1 is 1.50 bits per heavy atom. The first-order chi connectivity index (χ1) is 9.63. The number of carbonyl (C=O) groups excluding carboxylic acids is 1. The second-order valence-electron chi connectivity index (χ2n) is 4.34. The number of pyridine rings is 1. The molecular weight excluding hydrogens is 256 g/mol. The molecular formula is C14H18N4O2. The van der Waals surface area contributed by atoms with E-state index in [-0.39, 0.29) is 5.91 Å². The van der Waals surface area contributed by atoms with Crippen LogP contribution in [0.3, 0.4) is 0 Å². The lowest BCUT2D eigenvalue weighted by atomic mass is 10.2. The van der Waals surface area contributed by atoms with Gasteiger partial charge in [0.1, 0.15) is 5.69 Å². The lowest BCUT2D eigenvalue weighted by Crippen LogP contribution is -2.25. The van der Waals surface area contributed by atoms with Crippen molar-refractivity contribution in [3.63, 3.8) is 0 Å². The Hall–Kier alpha value is -2.50. The average molecular weight is 274 g/mol. The summed E-state index contributed by atoms with van der Waals surface area (Å²) in [4.78, 5) is 16.2. The van der Waals surface area contributed by atoms with Crippen LogP contribution in [-0.2, 0) is 13.1 Å². The number of nitrogens with one attached hydrogen (secondary N) is 1. The van der Waals surface area contributed by atoms with Crippen LogP contribution in [0.4, 0.5) is 5.69 Å². The number of hydrogen-bond acceptors (Lipinski definition) is 4. The van der Waals surface area contributed by atoms with Gasteiger partial charge in [-0.1, -0.05) is 6.07 Å². The van der Waals surface area contributed by atoms with E-state index in [1.54, 1.807) is 31.6 Å². The van der Waals surface area contributed by atoms with E-state index < -0.39 is 0 Å². The van der Waals surface area contributed by atoms with Gasteiger partial charge in [0.05, 0.1) is 12.8 Å². The molecule has 0 aromatic carbocycles. The predicted molar refractivity (Wildman–Crippen MR) is 76.5 cm³/mol. The fourth-order valence-electron chi connectivity index (χ4n) is 1.89. The third-order valence-corrected chi connectivity index (χ3v) is 2.95. The van der Waals surface area contributed by atoms with Crippen molar-refractivity contribution in [1.82, 2.24) is 14.9 Å². The van der Waals surface area contributed by atoms with E-state index in [2.05, 4.69) is 10.3 Å². The van der Waals surface area contributed by atoms with Crippen LogP contribution in [0.15, 0.2) is 30.6 Å². The first-order valence-corrected chi connectivity index (χ1v) is 6.36. The fourth-order valence-corrected chi connectivity index (χ4v) is 1.89. The molecule has 2 aromatic heterocycles. The largest absolute Gasteiger partial charge is 0.481 e. The molecule has 20 heavy (non-hydrogen) atoms. The number of rotatable bonds is 5. The summed E-state index contributed by atoms with van der Waals surface area (Å²) < 4.78 is 6.80. The molecule has 2 aromatic rings. The molecule has 0 aliphatic rings. The number of carbonyl (C=O) groups is 1. The number of nitrogens with two attached hydrogens (primary N) is 1. The maximum atomic E-state index is 12.1. The predicted octanol–water partition coefficient (Wildman–Crippen LogP) is 1.42. The zero-order valence-corrected chi connectivity index (χ0v) is 11.6. The van der Waals surface area contributed by atoms with Gasteiger partial charge in [0, 0.05) is 31.5 Å². The Labute approximate surface area is 117 Å². The van der Waals surface area contributed by atoms with E-state index in [9.17, 15) is 4.79 Å². The van der Waals surface area contributed by atoms with Crippen molar-refractivity contribution in [2.75, 3.05) is 12.8 Å². The number of aromatic nitrogens is 2. The topological polar surface area (TPSA) is 82.2 Å². The van der Waals surface area contributed by atoms with Crippen LogP contribution in [0.1, 0.15) is 23.0 Å². The summed E-state index contributed by atoms with van der Waals surface area (Å²) in [6.45, 7) is 3.07. The van der Waals surface area contributed by atoms with Gasteiger partial charge >= 0.3 is 0 Å². The number of methoxy groups -OCH3 is 1. The van der Waals surface area contributed by atoms with Crippen LogP contribution in [0, 0.1) is 0 Å². The van der Waals surface area contributed by atoms with Gasteiger partial charge in [-0.25, -0.2) is 4.98 Å². The van der Waals surface area contributed by atoms with Crippen molar-refractivity contribution >= 4 is 11.6 Å². The molecule has 0 saturated heterocycles. The Morgan fingerprint density at radius 2 is 2.30 bits per heavy atom. The Bertz CT molecular complexity index is 590. The Kier molecular flexibility index (Phi) is 4.24. The van der Waals surface area contributed by atoms with Crippen molar-refractivity contribution < 1.29 is 9.53 Å². The Morgan fingerprint density at radius 3 is 2.90 bits per heavy atom. The Balaban J connectivity index is 2.00. The number of amides is 1. The highest BCUT2D eigenvalue weighted by Gasteiger charge is 2.11. The molecule has 0 fully saturated rings. The minimum atomic E-state index is -0.153. The molecule has 6 nitrogen and oxygen atoms in total. The van der Waals surface area contributed by atoms with E-state index >= 15 is 0 Å². The van der Waals surface area contributed by atoms with E-state index in [4.69, 9.17) is 10.5 Å². The minimum absolute atomic E-state index is 0.153. The summed E-state index contributed by atoms with van der Waals surface area (Å²) >= 11 is 0. The van der Waals surface area contributed by atoms with Crippen LogP contribution in [0.5, 0.6) is 5.88 Å². The van der Waals surface area contributed by atoms with Gasteiger partial charge in [0.2, 0.25) is 5.88 Å². The van der Waals surface area contributed by atoms with Gasteiger partial charge in [-0.3, -0.25) is 4.79 Å². The highest BCUT2D eigenvalue weighted by molar-refractivity contribution is 5.93. The first-order valence-electron chi connectivity index (χ1n) is 6.36. The van der Waals surface area contributed by atoms with Crippen molar-refractivity contribution in [2.24, 2.45) is 0 Å². The molecule has 0 unspecified atom stereocenters. The van der Waals surface area contributed by atoms with Gasteiger partial charge in [-0.2, -0.15) is 0 Å². The molecule has 3 N–H and O–H groups in total. The molecule has 1 amide bonds. The van der Waals surface area contributed by atoms with Crippen molar-refractivity contribution in [3.8, 4) is 5.88 Å². The van der Waals surface area contributed by atoms with Crippen molar-refractivity contribution in [3.05, 3.63) is 41.9 Å². The van der Waals surface area contributed by atoms with Crippen LogP contribution < -0.4 is 15.8 Å². The maximum absolute atomic E-state index is 12.1. The third-order valence-electron chi connectivity index (χ3n) is 2.95. The van der Waals surface area contributed by atoms with Gasteiger partial charge in [-0.05, 0) is 18.6 Å². The zero-order chi connectivity index (χ0) is 14.5. The zero-order valence-electron chi connectivity index (χ0n) is 11.6. The summed E-state index contributed by atoms with van der Waals surface area (Å²) in [5, 5.41) is 2.84. The second-order valence-corrected chi connectivity index (χ2v) is 4.34. The highest BCUT2D eigenvalue weighted by atomic mass is 16.5. The monoisotopic (exact) mass is 274 g/mol. The fraction of sp³-hybridized carbons (Fsp3) is 0.286. The molecule has 2 heterocycles. The average Bonchev–Trinajstić information content (AvgIpc) is 2.86. The molecule has 0 aliphatic carbocycles. The van der Waals surface area contributed by atoms with Crippen LogP contribution >= 0.6 is 0 Å². The van der Waals surface area contributed by atoms with E-state index in [1.807, 2.05) is 17.6 Å². The van der Waals surface area contributed by atoms with Crippen LogP contribution in [0.25, 0.3) is 0 Å². The molecule has 0 saturated carbocycles. The van der Waals surface area contributed by atoms with E-state index in [1.165, 1.54) is 0 Å². The number of anilines is 1.